The molecule has 3 heterocycles. The number of pyridine rings is 1. The number of rotatable bonds is 5. The van der Waals surface area contributed by atoms with E-state index in [0.717, 1.165) is 18.8 Å². The molecule has 3 rings (SSSR count). The van der Waals surface area contributed by atoms with E-state index in [1.54, 1.807) is 0 Å². The maximum absolute atomic E-state index is 4.54. The van der Waals surface area contributed by atoms with Crippen LogP contribution in [0, 0.1) is 12.8 Å². The summed E-state index contributed by atoms with van der Waals surface area (Å²) in [7, 11) is 6.44. The molecule has 1 fully saturated rings. The van der Waals surface area contributed by atoms with Crippen LogP contribution in [0.25, 0.3) is 0 Å². The zero-order valence-electron chi connectivity index (χ0n) is 15.3. The predicted octanol–water partition coefficient (Wildman–Crippen LogP) is 2.64. The van der Waals surface area contributed by atoms with Crippen LogP contribution in [0.3, 0.4) is 0 Å². The maximum Gasteiger partial charge on any atom is 0.0544 e. The Morgan fingerprint density at radius 3 is 2.75 bits per heavy atom. The second kappa shape index (κ2) is 7.45. The third kappa shape index (κ3) is 4.02. The van der Waals surface area contributed by atoms with Crippen LogP contribution in [0.5, 0.6) is 0 Å². The van der Waals surface area contributed by atoms with Crippen LogP contribution >= 0.6 is 0 Å². The Labute approximate surface area is 145 Å². The van der Waals surface area contributed by atoms with Gasteiger partial charge in [-0.3, -0.25) is 14.6 Å². The quantitative estimate of drug-likeness (QED) is 0.846. The van der Waals surface area contributed by atoms with Crippen molar-refractivity contribution in [1.82, 2.24) is 24.6 Å². The third-order valence-corrected chi connectivity index (χ3v) is 5.02. The van der Waals surface area contributed by atoms with Crippen LogP contribution in [0.2, 0.25) is 0 Å². The zero-order valence-corrected chi connectivity index (χ0v) is 15.3. The van der Waals surface area contributed by atoms with E-state index in [-0.39, 0.29) is 0 Å². The monoisotopic (exact) mass is 327 g/mol. The van der Waals surface area contributed by atoms with Crippen molar-refractivity contribution in [2.24, 2.45) is 13.0 Å². The molecule has 0 unspecified atom stereocenters. The lowest BCUT2D eigenvalue weighted by atomic mass is 9.85. The smallest absolute Gasteiger partial charge is 0.0544 e. The summed E-state index contributed by atoms with van der Waals surface area (Å²) in [6.45, 7) is 5.23. The molecule has 0 bridgehead atoms. The summed E-state index contributed by atoms with van der Waals surface area (Å²) in [5.74, 6) is 0.628. The highest BCUT2D eigenvalue weighted by atomic mass is 15.3. The van der Waals surface area contributed by atoms with Gasteiger partial charge in [0.1, 0.15) is 0 Å². The van der Waals surface area contributed by atoms with E-state index >= 15 is 0 Å². The Hall–Kier alpha value is -1.72. The molecule has 5 nitrogen and oxygen atoms in total. The molecule has 2 atom stereocenters. The molecule has 2 aromatic heterocycles. The van der Waals surface area contributed by atoms with Crippen LogP contribution in [-0.2, 0) is 13.6 Å². The van der Waals surface area contributed by atoms with Gasteiger partial charge in [-0.2, -0.15) is 5.10 Å². The molecular formula is C19H29N5. The van der Waals surface area contributed by atoms with E-state index in [9.17, 15) is 0 Å². The van der Waals surface area contributed by atoms with E-state index in [1.165, 1.54) is 30.5 Å². The summed E-state index contributed by atoms with van der Waals surface area (Å²) in [5, 5.41) is 4.38. The van der Waals surface area contributed by atoms with E-state index < -0.39 is 0 Å². The van der Waals surface area contributed by atoms with Gasteiger partial charge in [0.25, 0.3) is 0 Å². The van der Waals surface area contributed by atoms with Crippen molar-refractivity contribution in [3.63, 3.8) is 0 Å². The summed E-state index contributed by atoms with van der Waals surface area (Å²) >= 11 is 0. The van der Waals surface area contributed by atoms with Crippen LogP contribution < -0.4 is 0 Å². The Kier molecular flexibility index (Phi) is 5.31. The van der Waals surface area contributed by atoms with Gasteiger partial charge in [-0.1, -0.05) is 6.07 Å². The Morgan fingerprint density at radius 1 is 1.25 bits per heavy atom. The number of hydrogen-bond donors (Lipinski definition) is 0. The molecule has 0 spiro atoms. The molecule has 130 valence electrons. The highest BCUT2D eigenvalue weighted by Gasteiger charge is 2.32. The van der Waals surface area contributed by atoms with E-state index in [0.29, 0.717) is 12.0 Å². The summed E-state index contributed by atoms with van der Waals surface area (Å²) < 4.78 is 1.91. The lowest BCUT2D eigenvalue weighted by Gasteiger charge is -2.40. The molecule has 5 heteroatoms. The van der Waals surface area contributed by atoms with Crippen LogP contribution in [0.1, 0.15) is 35.7 Å². The van der Waals surface area contributed by atoms with E-state index in [2.05, 4.69) is 59.2 Å². The number of piperidine rings is 1. The Morgan fingerprint density at radius 2 is 2.08 bits per heavy atom. The van der Waals surface area contributed by atoms with Crippen LogP contribution in [-0.4, -0.2) is 51.7 Å². The van der Waals surface area contributed by atoms with Crippen molar-refractivity contribution in [1.29, 1.82) is 0 Å². The van der Waals surface area contributed by atoms with Crippen LogP contribution in [0.4, 0.5) is 0 Å². The van der Waals surface area contributed by atoms with Crippen LogP contribution in [0.15, 0.2) is 30.7 Å². The fraction of sp³-hybridized carbons (Fsp3) is 0.579. The summed E-state index contributed by atoms with van der Waals surface area (Å²) in [4.78, 5) is 9.44. The first kappa shape index (κ1) is 17.1. The van der Waals surface area contributed by atoms with Gasteiger partial charge in [-0.05, 0) is 58.0 Å². The first-order chi connectivity index (χ1) is 11.5. The SMILES string of the molecule is Cc1ccc(CN(C)C[C@@H]2CCCN(C)[C@H]2c2cnn(C)c2)nc1. The summed E-state index contributed by atoms with van der Waals surface area (Å²) in [5.41, 5.74) is 3.70. The minimum absolute atomic E-state index is 0.459. The average molecular weight is 327 g/mol. The predicted molar refractivity (Wildman–Crippen MR) is 96.6 cm³/mol. The van der Waals surface area contributed by atoms with E-state index in [1.807, 2.05) is 24.1 Å². The minimum atomic E-state index is 0.459. The van der Waals surface area contributed by atoms with Crippen molar-refractivity contribution in [3.8, 4) is 0 Å². The normalized spacial score (nSPS) is 22.2. The van der Waals surface area contributed by atoms with E-state index in [4.69, 9.17) is 0 Å². The molecule has 24 heavy (non-hydrogen) atoms. The molecule has 2 aromatic rings. The van der Waals surface area contributed by atoms with Gasteiger partial charge in [0.15, 0.2) is 0 Å². The average Bonchev–Trinajstić information content (AvgIpc) is 2.96. The molecule has 0 saturated carbocycles. The Balaban J connectivity index is 1.67. The highest BCUT2D eigenvalue weighted by molar-refractivity contribution is 5.14. The first-order valence-corrected chi connectivity index (χ1v) is 8.82. The van der Waals surface area contributed by atoms with Crippen molar-refractivity contribution in [3.05, 3.63) is 47.5 Å². The summed E-state index contributed by atoms with van der Waals surface area (Å²) in [6.07, 6.45) is 8.70. The van der Waals surface area contributed by atoms with Crippen molar-refractivity contribution >= 4 is 0 Å². The van der Waals surface area contributed by atoms with Gasteiger partial charge < -0.3 is 4.90 Å². The molecule has 0 N–H and O–H groups in total. The molecule has 0 radical (unpaired) electrons. The standard InChI is InChI=1S/C19H29N5/c1-15-7-8-18(20-10-15)14-22(2)12-16-6-5-9-23(3)19(16)17-11-21-24(4)13-17/h7-8,10-11,13,16,19H,5-6,9,12,14H2,1-4H3/t16-,19+/m0/s1. The molecule has 0 amide bonds. The van der Waals surface area contributed by atoms with Gasteiger partial charge in [0.05, 0.1) is 11.9 Å². The van der Waals surface area contributed by atoms with Crippen molar-refractivity contribution in [2.45, 2.75) is 32.4 Å². The minimum Gasteiger partial charge on any atom is -0.300 e. The van der Waals surface area contributed by atoms with Crippen molar-refractivity contribution in [2.75, 3.05) is 27.2 Å². The third-order valence-electron chi connectivity index (χ3n) is 5.02. The van der Waals surface area contributed by atoms with Gasteiger partial charge in [-0.15, -0.1) is 0 Å². The second-order valence-corrected chi connectivity index (χ2v) is 7.30. The summed E-state index contributed by atoms with van der Waals surface area (Å²) in [6, 6.07) is 4.74. The molecule has 0 aliphatic carbocycles. The molecule has 1 aliphatic heterocycles. The number of nitrogens with zero attached hydrogens (tertiary/aromatic N) is 5. The molecular weight excluding hydrogens is 298 g/mol. The van der Waals surface area contributed by atoms with Gasteiger partial charge in [-0.25, -0.2) is 0 Å². The largest absolute Gasteiger partial charge is 0.300 e. The number of hydrogen-bond acceptors (Lipinski definition) is 4. The number of aromatic nitrogens is 3. The lowest BCUT2D eigenvalue weighted by molar-refractivity contribution is 0.0922. The van der Waals surface area contributed by atoms with Gasteiger partial charge in [0.2, 0.25) is 0 Å². The topological polar surface area (TPSA) is 37.2 Å². The molecule has 1 saturated heterocycles. The number of aryl methyl sites for hydroxylation is 2. The van der Waals surface area contributed by atoms with Gasteiger partial charge >= 0.3 is 0 Å². The fourth-order valence-corrected chi connectivity index (χ4v) is 3.90. The molecule has 1 aliphatic rings. The first-order valence-electron chi connectivity index (χ1n) is 8.82. The Bertz CT molecular complexity index is 648. The highest BCUT2D eigenvalue weighted by Crippen LogP contribution is 2.35. The fourth-order valence-electron chi connectivity index (χ4n) is 3.90. The van der Waals surface area contributed by atoms with Crippen molar-refractivity contribution < 1.29 is 0 Å². The maximum atomic E-state index is 4.54. The second-order valence-electron chi connectivity index (χ2n) is 7.30. The lowest BCUT2D eigenvalue weighted by Crippen LogP contribution is -2.40. The van der Waals surface area contributed by atoms with Gasteiger partial charge in [0, 0.05) is 44.1 Å². The zero-order chi connectivity index (χ0) is 17.1. The number of likely N-dealkylation sites (tertiary alicyclic amines) is 1. The molecule has 0 aromatic carbocycles.